The summed E-state index contributed by atoms with van der Waals surface area (Å²) >= 11 is 0. The first kappa shape index (κ1) is 14.8. The van der Waals surface area contributed by atoms with Gasteiger partial charge in [0.05, 0.1) is 6.10 Å². The second kappa shape index (κ2) is 7.92. The van der Waals surface area contributed by atoms with Gasteiger partial charge in [0.15, 0.2) is 0 Å². The normalized spacial score (nSPS) is 19.3. The summed E-state index contributed by atoms with van der Waals surface area (Å²) in [6.07, 6.45) is 3.91. The number of nitrogens with one attached hydrogen (secondary N) is 1. The Balaban J connectivity index is 2.12. The van der Waals surface area contributed by atoms with Gasteiger partial charge < -0.3 is 20.1 Å². The van der Waals surface area contributed by atoms with Crippen LogP contribution in [-0.2, 0) is 9.53 Å². The van der Waals surface area contributed by atoms with Gasteiger partial charge in [0.25, 0.3) is 0 Å². The highest BCUT2D eigenvalue weighted by molar-refractivity contribution is 5.74. The Bertz CT molecular complexity index is 277. The first-order valence-electron chi connectivity index (χ1n) is 6.42. The molecule has 1 fully saturated rings. The van der Waals surface area contributed by atoms with Crippen molar-refractivity contribution in [3.05, 3.63) is 0 Å². The van der Waals surface area contributed by atoms with Crippen LogP contribution in [0.1, 0.15) is 32.1 Å². The Hall–Kier alpha value is -1.30. The van der Waals surface area contributed by atoms with Gasteiger partial charge in [-0.2, -0.15) is 0 Å². The Morgan fingerprint density at radius 1 is 1.44 bits per heavy atom. The summed E-state index contributed by atoms with van der Waals surface area (Å²) in [6, 6.07) is -0.172. The Kier molecular flexibility index (Phi) is 6.49. The molecule has 1 atom stereocenters. The number of carbonyl (C=O) groups is 2. The fourth-order valence-electron chi connectivity index (χ4n) is 1.87. The van der Waals surface area contributed by atoms with Crippen LogP contribution in [0.4, 0.5) is 4.79 Å². The maximum atomic E-state index is 11.7. The fraction of sp³-hybridized carbons (Fsp3) is 0.833. The number of hydrogen-bond donors (Lipinski definition) is 2. The van der Waals surface area contributed by atoms with Crippen molar-refractivity contribution < 1.29 is 19.4 Å². The van der Waals surface area contributed by atoms with Crippen LogP contribution in [-0.4, -0.2) is 54.9 Å². The molecule has 2 amide bonds. The maximum Gasteiger partial charge on any atom is 0.317 e. The van der Waals surface area contributed by atoms with Crippen molar-refractivity contribution in [1.82, 2.24) is 10.2 Å². The predicted molar refractivity (Wildman–Crippen MR) is 66.5 cm³/mol. The SMILES string of the molecule is CN(CCCC(=O)O)C(=O)NCC1CCCCO1. The lowest BCUT2D eigenvalue weighted by Gasteiger charge is -2.24. The van der Waals surface area contributed by atoms with Crippen LogP contribution in [0.15, 0.2) is 0 Å². The van der Waals surface area contributed by atoms with Crippen LogP contribution in [0.25, 0.3) is 0 Å². The molecule has 0 aromatic heterocycles. The number of hydrogen-bond acceptors (Lipinski definition) is 3. The van der Waals surface area contributed by atoms with E-state index in [2.05, 4.69) is 5.32 Å². The molecular weight excluding hydrogens is 236 g/mol. The number of ether oxygens (including phenoxy) is 1. The van der Waals surface area contributed by atoms with Crippen molar-refractivity contribution in [2.45, 2.75) is 38.2 Å². The summed E-state index contributed by atoms with van der Waals surface area (Å²) in [5.41, 5.74) is 0. The van der Waals surface area contributed by atoms with E-state index in [1.165, 1.54) is 4.90 Å². The lowest BCUT2D eigenvalue weighted by Crippen LogP contribution is -2.42. The monoisotopic (exact) mass is 258 g/mol. The van der Waals surface area contributed by atoms with Gasteiger partial charge in [-0.05, 0) is 25.7 Å². The van der Waals surface area contributed by atoms with Crippen LogP contribution in [0.5, 0.6) is 0 Å². The highest BCUT2D eigenvalue weighted by Crippen LogP contribution is 2.11. The summed E-state index contributed by atoms with van der Waals surface area (Å²) in [6.45, 7) is 1.75. The molecule has 0 aromatic carbocycles. The molecular formula is C12H22N2O4. The molecule has 0 radical (unpaired) electrons. The summed E-state index contributed by atoms with van der Waals surface area (Å²) in [5.74, 6) is -0.834. The molecule has 1 rings (SSSR count). The zero-order chi connectivity index (χ0) is 13.4. The lowest BCUT2D eigenvalue weighted by atomic mass is 10.1. The zero-order valence-corrected chi connectivity index (χ0v) is 10.9. The Labute approximate surface area is 107 Å². The fourth-order valence-corrected chi connectivity index (χ4v) is 1.87. The average Bonchev–Trinajstić information content (AvgIpc) is 2.36. The summed E-state index contributed by atoms with van der Waals surface area (Å²) < 4.78 is 5.51. The van der Waals surface area contributed by atoms with Crippen molar-refractivity contribution in [2.24, 2.45) is 0 Å². The topological polar surface area (TPSA) is 78.9 Å². The van der Waals surface area contributed by atoms with Gasteiger partial charge in [0.1, 0.15) is 0 Å². The third kappa shape index (κ3) is 5.86. The highest BCUT2D eigenvalue weighted by atomic mass is 16.5. The van der Waals surface area contributed by atoms with Gasteiger partial charge >= 0.3 is 12.0 Å². The molecule has 0 spiro atoms. The first-order valence-corrected chi connectivity index (χ1v) is 6.42. The summed E-state index contributed by atoms with van der Waals surface area (Å²) in [7, 11) is 1.67. The largest absolute Gasteiger partial charge is 0.481 e. The van der Waals surface area contributed by atoms with Crippen LogP contribution in [0.2, 0.25) is 0 Å². The highest BCUT2D eigenvalue weighted by Gasteiger charge is 2.16. The lowest BCUT2D eigenvalue weighted by molar-refractivity contribution is -0.137. The van der Waals surface area contributed by atoms with E-state index < -0.39 is 5.97 Å². The van der Waals surface area contributed by atoms with E-state index in [0.29, 0.717) is 19.5 Å². The second-order valence-electron chi connectivity index (χ2n) is 4.59. The predicted octanol–water partition coefficient (Wildman–Crippen LogP) is 1.06. The first-order chi connectivity index (χ1) is 8.59. The molecule has 1 unspecified atom stereocenters. The molecule has 1 saturated heterocycles. The van der Waals surface area contributed by atoms with Crippen LogP contribution in [0, 0.1) is 0 Å². The molecule has 1 heterocycles. The molecule has 2 N–H and O–H groups in total. The molecule has 0 bridgehead atoms. The third-order valence-corrected chi connectivity index (χ3v) is 2.99. The summed E-state index contributed by atoms with van der Waals surface area (Å²) in [4.78, 5) is 23.5. The van der Waals surface area contributed by atoms with Gasteiger partial charge in [0, 0.05) is 33.2 Å². The van der Waals surface area contributed by atoms with Crippen molar-refractivity contribution in [2.75, 3.05) is 26.7 Å². The number of carbonyl (C=O) groups excluding carboxylic acids is 1. The molecule has 18 heavy (non-hydrogen) atoms. The molecule has 6 nitrogen and oxygen atoms in total. The van der Waals surface area contributed by atoms with Crippen LogP contribution in [0.3, 0.4) is 0 Å². The minimum absolute atomic E-state index is 0.0867. The van der Waals surface area contributed by atoms with Crippen LogP contribution >= 0.6 is 0 Å². The van der Waals surface area contributed by atoms with Crippen molar-refractivity contribution in [3.8, 4) is 0 Å². The zero-order valence-electron chi connectivity index (χ0n) is 10.9. The maximum absolute atomic E-state index is 11.7. The number of aliphatic carboxylic acids is 1. The molecule has 1 aliphatic heterocycles. The van der Waals surface area contributed by atoms with Crippen molar-refractivity contribution in [3.63, 3.8) is 0 Å². The van der Waals surface area contributed by atoms with E-state index in [-0.39, 0.29) is 18.6 Å². The standard InChI is InChI=1S/C12H22N2O4/c1-14(7-4-6-11(15)16)12(17)13-9-10-5-2-3-8-18-10/h10H,2-9H2,1H3,(H,13,17)(H,15,16). The van der Waals surface area contributed by atoms with Crippen LogP contribution < -0.4 is 5.32 Å². The van der Waals surface area contributed by atoms with Crippen molar-refractivity contribution in [1.29, 1.82) is 0 Å². The average molecular weight is 258 g/mol. The Morgan fingerprint density at radius 3 is 2.83 bits per heavy atom. The molecule has 6 heteroatoms. The minimum atomic E-state index is -0.834. The van der Waals surface area contributed by atoms with Gasteiger partial charge in [-0.25, -0.2) is 4.79 Å². The van der Waals surface area contributed by atoms with Gasteiger partial charge in [-0.15, -0.1) is 0 Å². The van der Waals surface area contributed by atoms with E-state index in [1.807, 2.05) is 0 Å². The molecule has 0 saturated carbocycles. The number of rotatable bonds is 6. The van der Waals surface area contributed by atoms with Gasteiger partial charge in [-0.1, -0.05) is 0 Å². The van der Waals surface area contributed by atoms with Crippen molar-refractivity contribution >= 4 is 12.0 Å². The number of nitrogens with zero attached hydrogens (tertiary/aromatic N) is 1. The summed E-state index contributed by atoms with van der Waals surface area (Å²) in [5, 5.41) is 11.3. The molecule has 104 valence electrons. The minimum Gasteiger partial charge on any atom is -0.481 e. The van der Waals surface area contributed by atoms with E-state index in [9.17, 15) is 9.59 Å². The molecule has 0 aliphatic carbocycles. The third-order valence-electron chi connectivity index (χ3n) is 2.99. The van der Waals surface area contributed by atoms with E-state index in [0.717, 1.165) is 25.9 Å². The van der Waals surface area contributed by atoms with E-state index in [4.69, 9.17) is 9.84 Å². The number of amides is 2. The van der Waals surface area contributed by atoms with Gasteiger partial charge in [0.2, 0.25) is 0 Å². The molecule has 0 aromatic rings. The number of carboxylic acids is 1. The quantitative estimate of drug-likeness (QED) is 0.746. The smallest absolute Gasteiger partial charge is 0.317 e. The number of carboxylic acid groups (broad SMARTS) is 1. The van der Waals surface area contributed by atoms with E-state index >= 15 is 0 Å². The number of urea groups is 1. The van der Waals surface area contributed by atoms with Gasteiger partial charge in [-0.3, -0.25) is 4.79 Å². The van der Waals surface area contributed by atoms with E-state index in [1.54, 1.807) is 7.05 Å². The second-order valence-corrected chi connectivity index (χ2v) is 4.59. The Morgan fingerprint density at radius 2 is 2.22 bits per heavy atom. The molecule has 1 aliphatic rings.